The van der Waals surface area contributed by atoms with Crippen LogP contribution in [0.1, 0.15) is 58.8 Å². The van der Waals surface area contributed by atoms with E-state index in [0.717, 1.165) is 43.5 Å². The van der Waals surface area contributed by atoms with Crippen LogP contribution < -0.4 is 4.90 Å². The summed E-state index contributed by atoms with van der Waals surface area (Å²) in [5, 5.41) is 16.6. The summed E-state index contributed by atoms with van der Waals surface area (Å²) in [7, 11) is 0. The van der Waals surface area contributed by atoms with Crippen LogP contribution in [0, 0.1) is 17.2 Å². The lowest BCUT2D eigenvalue weighted by molar-refractivity contribution is -0.136. The number of carbonyl (C=O) groups excluding carboxylic acids is 2. The van der Waals surface area contributed by atoms with E-state index in [-0.39, 0.29) is 29.8 Å². The molecule has 5 rings (SSSR count). The first-order valence-corrected chi connectivity index (χ1v) is 10.6. The third-order valence-corrected chi connectivity index (χ3v) is 6.17. The highest BCUT2D eigenvalue weighted by Gasteiger charge is 2.57. The predicted molar refractivity (Wildman–Crippen MR) is 114 cm³/mol. The molecule has 4 aliphatic rings. The fourth-order valence-electron chi connectivity index (χ4n) is 4.79. The van der Waals surface area contributed by atoms with E-state index < -0.39 is 5.60 Å². The van der Waals surface area contributed by atoms with E-state index in [2.05, 4.69) is 16.4 Å². The molecular weight excluding hydrogens is 396 g/mol. The van der Waals surface area contributed by atoms with Crippen LogP contribution in [-0.2, 0) is 19.3 Å². The minimum atomic E-state index is -1.10. The highest BCUT2D eigenvalue weighted by Crippen LogP contribution is 2.41. The molecule has 1 saturated carbocycles. The molecule has 8 heteroatoms. The van der Waals surface area contributed by atoms with E-state index in [9.17, 15) is 9.59 Å². The number of benzene rings is 1. The van der Waals surface area contributed by atoms with Crippen molar-refractivity contribution < 1.29 is 19.3 Å². The van der Waals surface area contributed by atoms with Crippen LogP contribution in [0.2, 0.25) is 0 Å². The van der Waals surface area contributed by atoms with Crippen molar-refractivity contribution in [1.82, 2.24) is 0 Å². The molecule has 1 saturated heterocycles. The molecule has 0 aromatic heterocycles. The van der Waals surface area contributed by atoms with Gasteiger partial charge in [-0.15, -0.1) is 0 Å². The third kappa shape index (κ3) is 4.05. The van der Waals surface area contributed by atoms with Gasteiger partial charge in [-0.3, -0.25) is 9.59 Å². The average molecular weight is 422 g/mol. The van der Waals surface area contributed by atoms with Gasteiger partial charge in [-0.1, -0.05) is 28.5 Å². The summed E-state index contributed by atoms with van der Waals surface area (Å²) < 4.78 is 0. The Morgan fingerprint density at radius 1 is 1.06 bits per heavy atom. The summed E-state index contributed by atoms with van der Waals surface area (Å²) in [6.07, 6.45) is 5.42. The molecule has 3 atom stereocenters. The van der Waals surface area contributed by atoms with Crippen LogP contribution in [0.5, 0.6) is 0 Å². The molecule has 2 amide bonds. The Kier molecular flexibility index (Phi) is 5.52. The summed E-state index contributed by atoms with van der Waals surface area (Å²) in [4.78, 5) is 36.3. The maximum absolute atomic E-state index is 12.4. The molecule has 31 heavy (non-hydrogen) atoms. The van der Waals surface area contributed by atoms with Gasteiger partial charge in [0.05, 0.1) is 35.5 Å². The van der Waals surface area contributed by atoms with Gasteiger partial charge in [-0.25, -0.2) is 4.90 Å². The van der Waals surface area contributed by atoms with Gasteiger partial charge < -0.3 is 9.68 Å². The summed E-state index contributed by atoms with van der Waals surface area (Å²) >= 11 is 0. The van der Waals surface area contributed by atoms with E-state index in [1.165, 1.54) is 4.90 Å². The van der Waals surface area contributed by atoms with E-state index >= 15 is 0 Å². The highest BCUT2D eigenvalue weighted by atomic mass is 16.7. The second-order valence-electron chi connectivity index (χ2n) is 8.84. The Morgan fingerprint density at radius 2 is 1.77 bits per heavy atom. The number of hydrogen-bond donors (Lipinski definition) is 0. The molecule has 1 aliphatic carbocycles. The Labute approximate surface area is 181 Å². The monoisotopic (exact) mass is 422 g/mol. The smallest absolute Gasteiger partial charge is 0.281 e. The summed E-state index contributed by atoms with van der Waals surface area (Å²) in [5.41, 5.74) is 1.18. The molecule has 3 heterocycles. The van der Waals surface area contributed by atoms with Gasteiger partial charge >= 0.3 is 0 Å². The normalized spacial score (nSPS) is 31.5. The van der Waals surface area contributed by atoms with Crippen LogP contribution in [0.4, 0.5) is 5.69 Å². The summed E-state index contributed by atoms with van der Waals surface area (Å²) in [6, 6.07) is 11.2. The summed E-state index contributed by atoms with van der Waals surface area (Å²) in [6.45, 7) is 3.78. The zero-order chi connectivity index (χ0) is 22.1. The van der Waals surface area contributed by atoms with Crippen molar-refractivity contribution in [1.29, 1.82) is 5.26 Å². The van der Waals surface area contributed by atoms with Crippen LogP contribution in [0.3, 0.4) is 0 Å². The van der Waals surface area contributed by atoms with Crippen molar-refractivity contribution in [3.63, 3.8) is 0 Å². The van der Waals surface area contributed by atoms with Crippen LogP contribution in [-0.4, -0.2) is 34.4 Å². The standard InChI is InChI=1S/C13H12N2O3.C10H14N2O/c1-9-7-13(18-14-9)8-11(16)15(12(13)17)10-5-3-2-4-6-10;1-8-5-10(13-12-8)4-2-3-9(6-10)7-11/h2-6H,7-8H2,1H3;9H,2-6H2,1H3. The number of para-hydroxylation sites is 1. The van der Waals surface area contributed by atoms with Gasteiger partial charge in [0.25, 0.3) is 5.91 Å². The first-order valence-electron chi connectivity index (χ1n) is 10.6. The molecule has 2 spiro atoms. The quantitative estimate of drug-likeness (QED) is 0.642. The Hall–Kier alpha value is -3.21. The molecule has 0 N–H and O–H groups in total. The second kappa shape index (κ2) is 8.14. The van der Waals surface area contributed by atoms with Crippen molar-refractivity contribution in [2.24, 2.45) is 16.2 Å². The molecule has 3 unspecified atom stereocenters. The van der Waals surface area contributed by atoms with Gasteiger partial charge in [-0.2, -0.15) is 5.26 Å². The highest BCUT2D eigenvalue weighted by molar-refractivity contribution is 6.25. The maximum atomic E-state index is 12.4. The molecular formula is C23H26N4O4. The number of hydrogen-bond acceptors (Lipinski definition) is 7. The van der Waals surface area contributed by atoms with E-state index in [1.54, 1.807) is 31.2 Å². The van der Waals surface area contributed by atoms with Crippen molar-refractivity contribution in [2.75, 3.05) is 4.90 Å². The Balaban J connectivity index is 0.000000158. The minimum absolute atomic E-state index is 0.0571. The number of nitrogens with zero attached hydrogens (tertiary/aromatic N) is 4. The van der Waals surface area contributed by atoms with Crippen LogP contribution >= 0.6 is 0 Å². The predicted octanol–water partition coefficient (Wildman–Crippen LogP) is 3.72. The number of carbonyl (C=O) groups is 2. The van der Waals surface area contributed by atoms with Crippen molar-refractivity contribution in [3.8, 4) is 6.07 Å². The first kappa shape index (κ1) is 21.0. The topological polar surface area (TPSA) is 104 Å². The molecule has 8 nitrogen and oxygen atoms in total. The largest absolute Gasteiger partial charge is 0.389 e. The molecule has 0 bridgehead atoms. The van der Waals surface area contributed by atoms with Crippen molar-refractivity contribution >= 4 is 28.9 Å². The Bertz CT molecular complexity index is 983. The van der Waals surface area contributed by atoms with E-state index in [4.69, 9.17) is 14.9 Å². The van der Waals surface area contributed by atoms with Crippen molar-refractivity contribution in [3.05, 3.63) is 30.3 Å². The molecule has 0 radical (unpaired) electrons. The van der Waals surface area contributed by atoms with Gasteiger partial charge in [0.2, 0.25) is 11.5 Å². The zero-order valence-corrected chi connectivity index (χ0v) is 17.8. The third-order valence-electron chi connectivity index (χ3n) is 6.17. The van der Waals surface area contributed by atoms with Gasteiger partial charge in [0.1, 0.15) is 5.60 Å². The number of anilines is 1. The molecule has 1 aromatic carbocycles. The zero-order valence-electron chi connectivity index (χ0n) is 17.8. The lowest BCUT2D eigenvalue weighted by atomic mass is 9.76. The Morgan fingerprint density at radius 3 is 2.39 bits per heavy atom. The van der Waals surface area contributed by atoms with Crippen LogP contribution in [0.25, 0.3) is 0 Å². The SMILES string of the molecule is CC1=NOC2(CC(=O)N(c3ccccc3)C2=O)C1.CC1=NOC2(CCCC(C#N)C2)C1. The lowest BCUT2D eigenvalue weighted by Gasteiger charge is -2.32. The number of oxime groups is 2. The summed E-state index contributed by atoms with van der Waals surface area (Å²) in [5.74, 6) is -0.384. The molecule has 2 fully saturated rings. The lowest BCUT2D eigenvalue weighted by Crippen LogP contribution is -2.40. The average Bonchev–Trinajstić information content (AvgIpc) is 3.39. The molecule has 162 valence electrons. The van der Waals surface area contributed by atoms with Gasteiger partial charge in [0.15, 0.2) is 0 Å². The first-order chi connectivity index (χ1) is 14.9. The van der Waals surface area contributed by atoms with Gasteiger partial charge in [0, 0.05) is 19.3 Å². The van der Waals surface area contributed by atoms with E-state index in [1.807, 2.05) is 13.0 Å². The van der Waals surface area contributed by atoms with Gasteiger partial charge in [-0.05, 0) is 45.2 Å². The number of amides is 2. The number of imide groups is 1. The fourth-order valence-corrected chi connectivity index (χ4v) is 4.79. The van der Waals surface area contributed by atoms with Crippen molar-refractivity contribution in [2.45, 2.75) is 70.0 Å². The minimum Gasteiger partial charge on any atom is -0.389 e. The fraction of sp³-hybridized carbons (Fsp3) is 0.522. The molecule has 1 aromatic rings. The maximum Gasteiger partial charge on any atom is 0.281 e. The second-order valence-corrected chi connectivity index (χ2v) is 8.84. The van der Waals surface area contributed by atoms with Crippen LogP contribution in [0.15, 0.2) is 40.6 Å². The van der Waals surface area contributed by atoms with E-state index in [0.29, 0.717) is 12.1 Å². The molecule has 3 aliphatic heterocycles. The number of nitriles is 1. The number of rotatable bonds is 1.